The van der Waals surface area contributed by atoms with Crippen molar-refractivity contribution in [1.29, 1.82) is 0 Å². The number of anilines is 1. The highest BCUT2D eigenvalue weighted by Crippen LogP contribution is 2.32. The number of amides is 2. The Morgan fingerprint density at radius 1 is 1.00 bits per heavy atom. The Morgan fingerprint density at radius 3 is 2.58 bits per heavy atom. The van der Waals surface area contributed by atoms with Crippen LogP contribution in [0.5, 0.6) is 11.5 Å². The third-order valence-electron chi connectivity index (χ3n) is 5.19. The quantitative estimate of drug-likeness (QED) is 0.635. The van der Waals surface area contributed by atoms with Gasteiger partial charge in [0.2, 0.25) is 10.0 Å². The molecule has 1 fully saturated rings. The highest BCUT2D eigenvalue weighted by molar-refractivity contribution is 7.89. The highest BCUT2D eigenvalue weighted by atomic mass is 32.2. The molecule has 2 aliphatic heterocycles. The van der Waals surface area contributed by atoms with E-state index in [1.54, 1.807) is 41.3 Å². The Hall–Kier alpha value is -2.96. The van der Waals surface area contributed by atoms with E-state index >= 15 is 0 Å². The van der Waals surface area contributed by atoms with Crippen LogP contribution in [0.15, 0.2) is 41.3 Å². The van der Waals surface area contributed by atoms with Gasteiger partial charge in [-0.1, -0.05) is 6.07 Å². The third kappa shape index (κ3) is 3.77. The molecule has 0 spiro atoms. The molecule has 3 heterocycles. The number of aromatic nitrogens is 2. The number of piperazine rings is 1. The summed E-state index contributed by atoms with van der Waals surface area (Å²) in [5.41, 5.74) is 1.53. The molecule has 5 rings (SSSR count). The van der Waals surface area contributed by atoms with Crippen molar-refractivity contribution in [3.8, 4) is 11.5 Å². The first kappa shape index (κ1) is 20.0. The summed E-state index contributed by atoms with van der Waals surface area (Å²) < 4.78 is 46.9. The number of carbonyl (C=O) groups excluding carboxylic acids is 1. The molecule has 0 atom stereocenters. The lowest BCUT2D eigenvalue weighted by molar-refractivity contribution is 0.171. The Labute approximate surface area is 182 Å². The Bertz CT molecular complexity index is 1240. The van der Waals surface area contributed by atoms with Crippen molar-refractivity contribution in [3.63, 3.8) is 0 Å². The highest BCUT2D eigenvalue weighted by Gasteiger charge is 2.32. The molecule has 12 heteroatoms. The van der Waals surface area contributed by atoms with E-state index in [2.05, 4.69) is 14.1 Å². The van der Waals surface area contributed by atoms with Gasteiger partial charge in [-0.3, -0.25) is 0 Å². The molecule has 1 N–H and O–H groups in total. The van der Waals surface area contributed by atoms with E-state index in [0.717, 1.165) is 11.7 Å². The topological polar surface area (TPSA) is 114 Å². The van der Waals surface area contributed by atoms with E-state index in [0.29, 0.717) is 41.4 Å². The van der Waals surface area contributed by atoms with Gasteiger partial charge in [0.05, 0.1) is 11.7 Å². The summed E-state index contributed by atoms with van der Waals surface area (Å²) in [7, 11) is -3.73. The number of fused-ring (bicyclic) bond motifs is 2. The number of benzene rings is 2. The summed E-state index contributed by atoms with van der Waals surface area (Å²) >= 11 is 0.983. The SMILES string of the molecule is O=C(Nc1ccc2c(c1)OCCO2)N1CCN(S(=O)(=O)c2cccc3nsnc23)CC1. The number of ether oxygens (including phenoxy) is 2. The predicted octanol–water partition coefficient (Wildman–Crippen LogP) is 2.00. The molecule has 2 aromatic carbocycles. The van der Waals surface area contributed by atoms with Gasteiger partial charge in [-0.2, -0.15) is 13.1 Å². The van der Waals surface area contributed by atoms with Gasteiger partial charge in [0.15, 0.2) is 11.5 Å². The zero-order valence-electron chi connectivity index (χ0n) is 16.4. The molecule has 3 aromatic rings. The van der Waals surface area contributed by atoms with Crippen LogP contribution in [0.3, 0.4) is 0 Å². The summed E-state index contributed by atoms with van der Waals surface area (Å²) in [6.45, 7) is 1.92. The van der Waals surface area contributed by atoms with Crippen LogP contribution in [0.25, 0.3) is 11.0 Å². The fourth-order valence-corrected chi connectivity index (χ4v) is 5.76. The van der Waals surface area contributed by atoms with Gasteiger partial charge >= 0.3 is 6.03 Å². The maximum absolute atomic E-state index is 13.1. The van der Waals surface area contributed by atoms with Crippen molar-refractivity contribution in [2.75, 3.05) is 44.7 Å². The van der Waals surface area contributed by atoms with Gasteiger partial charge in [0, 0.05) is 37.9 Å². The first-order valence-electron chi connectivity index (χ1n) is 9.69. The standard InChI is InChI=1S/C19H19N5O5S2/c25-19(20-13-4-5-15-16(12-13)29-11-10-28-15)23-6-8-24(9-7-23)31(26,27)17-3-1-2-14-18(17)22-30-21-14/h1-5,12H,6-11H2,(H,20,25). The second-order valence-corrected chi connectivity index (χ2v) is 9.50. The molecule has 10 nitrogen and oxygen atoms in total. The third-order valence-corrected chi connectivity index (χ3v) is 7.66. The predicted molar refractivity (Wildman–Crippen MR) is 114 cm³/mol. The average Bonchev–Trinajstić information content (AvgIpc) is 3.28. The average molecular weight is 462 g/mol. The van der Waals surface area contributed by atoms with Crippen LogP contribution in [0, 0.1) is 0 Å². The van der Waals surface area contributed by atoms with Crippen LogP contribution in [-0.4, -0.2) is 71.8 Å². The van der Waals surface area contributed by atoms with Gasteiger partial charge in [-0.25, -0.2) is 13.2 Å². The summed E-state index contributed by atoms with van der Waals surface area (Å²) in [5.74, 6) is 1.24. The van der Waals surface area contributed by atoms with Crippen LogP contribution in [-0.2, 0) is 10.0 Å². The molecule has 162 valence electrons. The Kier molecular flexibility index (Phi) is 5.12. The minimum absolute atomic E-state index is 0.146. The van der Waals surface area contributed by atoms with Crippen molar-refractivity contribution in [2.45, 2.75) is 4.90 Å². The van der Waals surface area contributed by atoms with E-state index in [9.17, 15) is 13.2 Å². The van der Waals surface area contributed by atoms with Gasteiger partial charge in [0.25, 0.3) is 0 Å². The minimum atomic E-state index is -3.73. The van der Waals surface area contributed by atoms with E-state index in [1.807, 2.05) is 0 Å². The minimum Gasteiger partial charge on any atom is -0.486 e. The molecule has 2 amide bonds. The van der Waals surface area contributed by atoms with Crippen LogP contribution >= 0.6 is 11.7 Å². The van der Waals surface area contributed by atoms with Crippen molar-refractivity contribution >= 4 is 44.5 Å². The van der Waals surface area contributed by atoms with Crippen molar-refractivity contribution < 1.29 is 22.7 Å². The van der Waals surface area contributed by atoms with Crippen molar-refractivity contribution in [3.05, 3.63) is 36.4 Å². The van der Waals surface area contributed by atoms with E-state index in [1.165, 1.54) is 4.31 Å². The summed E-state index contributed by atoms with van der Waals surface area (Å²) in [4.78, 5) is 14.4. The number of nitrogens with zero attached hydrogens (tertiary/aromatic N) is 4. The summed E-state index contributed by atoms with van der Waals surface area (Å²) in [5, 5.41) is 2.83. The largest absolute Gasteiger partial charge is 0.486 e. The molecule has 0 radical (unpaired) electrons. The fourth-order valence-electron chi connectivity index (χ4n) is 3.58. The summed E-state index contributed by atoms with van der Waals surface area (Å²) in [6.07, 6.45) is 0. The molecular formula is C19H19N5O5S2. The first-order chi connectivity index (χ1) is 15.0. The monoisotopic (exact) mass is 461 g/mol. The second kappa shape index (κ2) is 7.94. The zero-order valence-corrected chi connectivity index (χ0v) is 18.0. The molecule has 0 unspecified atom stereocenters. The fraction of sp³-hybridized carbons (Fsp3) is 0.316. The van der Waals surface area contributed by atoms with E-state index < -0.39 is 10.0 Å². The zero-order chi connectivity index (χ0) is 21.4. The molecule has 0 saturated carbocycles. The number of sulfonamides is 1. The Morgan fingerprint density at radius 2 is 1.77 bits per heavy atom. The van der Waals surface area contributed by atoms with Crippen LogP contribution in [0.4, 0.5) is 10.5 Å². The molecule has 31 heavy (non-hydrogen) atoms. The first-order valence-corrected chi connectivity index (χ1v) is 11.9. The number of carbonyl (C=O) groups is 1. The molecule has 1 aromatic heterocycles. The smallest absolute Gasteiger partial charge is 0.321 e. The van der Waals surface area contributed by atoms with Crippen LogP contribution in [0.2, 0.25) is 0 Å². The molecule has 1 saturated heterocycles. The number of hydrogen-bond donors (Lipinski definition) is 1. The number of rotatable bonds is 3. The maximum Gasteiger partial charge on any atom is 0.321 e. The summed E-state index contributed by atoms with van der Waals surface area (Å²) in [6, 6.07) is 9.86. The van der Waals surface area contributed by atoms with Crippen LogP contribution in [0.1, 0.15) is 0 Å². The second-order valence-electron chi connectivity index (χ2n) is 7.07. The lowest BCUT2D eigenvalue weighted by Gasteiger charge is -2.34. The normalized spacial score (nSPS) is 17.0. The van der Waals surface area contributed by atoms with E-state index in [-0.39, 0.29) is 37.1 Å². The lowest BCUT2D eigenvalue weighted by Crippen LogP contribution is -2.51. The van der Waals surface area contributed by atoms with Crippen molar-refractivity contribution in [1.82, 2.24) is 18.0 Å². The van der Waals surface area contributed by atoms with Gasteiger partial charge in [-0.15, -0.1) is 0 Å². The number of nitrogens with one attached hydrogen (secondary N) is 1. The lowest BCUT2D eigenvalue weighted by atomic mass is 10.2. The Balaban J connectivity index is 1.25. The van der Waals surface area contributed by atoms with Crippen LogP contribution < -0.4 is 14.8 Å². The van der Waals surface area contributed by atoms with Gasteiger partial charge in [0.1, 0.15) is 29.1 Å². The van der Waals surface area contributed by atoms with E-state index in [4.69, 9.17) is 9.47 Å². The van der Waals surface area contributed by atoms with Gasteiger partial charge in [-0.05, 0) is 24.3 Å². The number of urea groups is 1. The maximum atomic E-state index is 13.1. The van der Waals surface area contributed by atoms with Crippen molar-refractivity contribution in [2.24, 2.45) is 0 Å². The molecular weight excluding hydrogens is 442 g/mol. The van der Waals surface area contributed by atoms with Gasteiger partial charge < -0.3 is 19.7 Å². The molecule has 2 aliphatic rings. The molecule has 0 aliphatic carbocycles. The molecule has 0 bridgehead atoms. The number of hydrogen-bond acceptors (Lipinski definition) is 8.